The highest BCUT2D eigenvalue weighted by Crippen LogP contribution is 2.24. The van der Waals surface area contributed by atoms with E-state index in [1.165, 1.54) is 12.8 Å². The molecular formula is C16H20FN3. The highest BCUT2D eigenvalue weighted by molar-refractivity contribution is 5.57. The van der Waals surface area contributed by atoms with Crippen LogP contribution < -0.4 is 5.32 Å². The summed E-state index contributed by atoms with van der Waals surface area (Å²) in [5, 5.41) is 3.40. The molecule has 0 atom stereocenters. The molecule has 1 aromatic heterocycles. The van der Waals surface area contributed by atoms with Crippen LogP contribution in [-0.4, -0.2) is 15.6 Å². The first-order chi connectivity index (χ1) is 9.78. The average Bonchev–Trinajstić information content (AvgIpc) is 3.17. The van der Waals surface area contributed by atoms with E-state index in [2.05, 4.69) is 17.2 Å². The van der Waals surface area contributed by atoms with E-state index in [9.17, 15) is 4.39 Å². The number of halogens is 1. The number of aromatic nitrogens is 2. The summed E-state index contributed by atoms with van der Waals surface area (Å²) in [6.07, 6.45) is 7.13. The molecule has 1 aromatic carbocycles. The predicted octanol–water partition coefficient (Wildman–Crippen LogP) is 3.35. The SMILES string of the molecule is CCCn1ccnc1-c1ccc(CNC2CC2)cc1F. The standard InChI is InChI=1S/C16H20FN3/c1-2-8-20-9-7-18-16(20)14-6-3-12(10-15(14)17)11-19-13-4-5-13/h3,6-7,9-10,13,19H,2,4-5,8,11H2,1H3. The van der Waals surface area contributed by atoms with Gasteiger partial charge >= 0.3 is 0 Å². The minimum atomic E-state index is -0.191. The molecule has 106 valence electrons. The van der Waals surface area contributed by atoms with Crippen LogP contribution in [0.5, 0.6) is 0 Å². The lowest BCUT2D eigenvalue weighted by Crippen LogP contribution is -2.15. The van der Waals surface area contributed by atoms with Crippen LogP contribution in [-0.2, 0) is 13.1 Å². The van der Waals surface area contributed by atoms with Gasteiger partial charge in [0.2, 0.25) is 0 Å². The van der Waals surface area contributed by atoms with Gasteiger partial charge in [0.05, 0.1) is 5.56 Å². The molecule has 1 aliphatic carbocycles. The van der Waals surface area contributed by atoms with Crippen LogP contribution in [0.25, 0.3) is 11.4 Å². The maximum atomic E-state index is 14.3. The first-order valence-electron chi connectivity index (χ1n) is 7.31. The van der Waals surface area contributed by atoms with E-state index < -0.39 is 0 Å². The van der Waals surface area contributed by atoms with Crippen molar-refractivity contribution >= 4 is 0 Å². The van der Waals surface area contributed by atoms with Gasteiger partial charge in [-0.2, -0.15) is 0 Å². The third-order valence-electron chi connectivity index (χ3n) is 3.63. The van der Waals surface area contributed by atoms with Crippen molar-refractivity contribution in [2.45, 2.75) is 45.3 Å². The van der Waals surface area contributed by atoms with Gasteiger partial charge in [0.25, 0.3) is 0 Å². The van der Waals surface area contributed by atoms with Crippen molar-refractivity contribution in [3.63, 3.8) is 0 Å². The molecule has 0 unspecified atom stereocenters. The molecule has 1 saturated carbocycles. The number of benzene rings is 1. The van der Waals surface area contributed by atoms with E-state index in [1.54, 1.807) is 12.3 Å². The van der Waals surface area contributed by atoms with Crippen molar-refractivity contribution < 1.29 is 4.39 Å². The Balaban J connectivity index is 1.80. The number of aryl methyl sites for hydroxylation is 1. The van der Waals surface area contributed by atoms with Crippen LogP contribution in [0, 0.1) is 5.82 Å². The van der Waals surface area contributed by atoms with Gasteiger partial charge in [0, 0.05) is 31.5 Å². The lowest BCUT2D eigenvalue weighted by molar-refractivity contribution is 0.616. The minimum absolute atomic E-state index is 0.191. The molecule has 0 amide bonds. The molecule has 4 heteroatoms. The van der Waals surface area contributed by atoms with Gasteiger partial charge in [-0.05, 0) is 37.0 Å². The van der Waals surface area contributed by atoms with Gasteiger partial charge in [0.15, 0.2) is 0 Å². The summed E-state index contributed by atoms with van der Waals surface area (Å²) in [4.78, 5) is 4.29. The maximum Gasteiger partial charge on any atom is 0.142 e. The molecule has 0 bridgehead atoms. The zero-order valence-electron chi connectivity index (χ0n) is 11.8. The second kappa shape index (κ2) is 5.75. The Kier molecular flexibility index (Phi) is 3.83. The minimum Gasteiger partial charge on any atom is -0.331 e. The monoisotopic (exact) mass is 273 g/mol. The van der Waals surface area contributed by atoms with Gasteiger partial charge < -0.3 is 9.88 Å². The summed E-state index contributed by atoms with van der Waals surface area (Å²) in [7, 11) is 0. The molecule has 0 aliphatic heterocycles. The van der Waals surface area contributed by atoms with Crippen LogP contribution in [0.1, 0.15) is 31.7 Å². The lowest BCUT2D eigenvalue weighted by atomic mass is 10.1. The number of rotatable bonds is 6. The number of hydrogen-bond acceptors (Lipinski definition) is 2. The molecule has 3 nitrogen and oxygen atoms in total. The molecule has 1 N–H and O–H groups in total. The Labute approximate surface area is 118 Å². The van der Waals surface area contributed by atoms with E-state index in [1.807, 2.05) is 22.9 Å². The lowest BCUT2D eigenvalue weighted by Gasteiger charge is -2.09. The Bertz CT molecular complexity index is 587. The Hall–Kier alpha value is -1.68. The van der Waals surface area contributed by atoms with E-state index in [4.69, 9.17) is 0 Å². The Morgan fingerprint density at radius 2 is 2.25 bits per heavy atom. The second-order valence-electron chi connectivity index (χ2n) is 5.41. The van der Waals surface area contributed by atoms with Gasteiger partial charge in [-0.1, -0.05) is 13.0 Å². The fourth-order valence-corrected chi connectivity index (χ4v) is 2.37. The summed E-state index contributed by atoms with van der Waals surface area (Å²) in [6.45, 7) is 3.71. The second-order valence-corrected chi connectivity index (χ2v) is 5.41. The largest absolute Gasteiger partial charge is 0.331 e. The number of hydrogen-bond donors (Lipinski definition) is 1. The molecule has 1 heterocycles. The number of nitrogens with zero attached hydrogens (tertiary/aromatic N) is 2. The molecule has 0 saturated heterocycles. The van der Waals surface area contributed by atoms with Crippen molar-refractivity contribution in [1.29, 1.82) is 0 Å². The molecule has 2 aromatic rings. The normalized spacial score (nSPS) is 14.7. The molecular weight excluding hydrogens is 253 g/mol. The summed E-state index contributed by atoms with van der Waals surface area (Å²) in [5.41, 5.74) is 1.57. The van der Waals surface area contributed by atoms with E-state index in [0.717, 1.165) is 25.1 Å². The fraction of sp³-hybridized carbons (Fsp3) is 0.438. The Morgan fingerprint density at radius 3 is 2.95 bits per heavy atom. The van der Waals surface area contributed by atoms with Gasteiger partial charge in [-0.15, -0.1) is 0 Å². The Morgan fingerprint density at radius 1 is 1.40 bits per heavy atom. The molecule has 0 spiro atoms. The first-order valence-corrected chi connectivity index (χ1v) is 7.31. The summed E-state index contributed by atoms with van der Waals surface area (Å²) >= 11 is 0. The van der Waals surface area contributed by atoms with Crippen molar-refractivity contribution in [1.82, 2.24) is 14.9 Å². The summed E-state index contributed by atoms with van der Waals surface area (Å²) in [6, 6.07) is 6.09. The quantitative estimate of drug-likeness (QED) is 0.874. The van der Waals surface area contributed by atoms with Crippen molar-refractivity contribution in [3.05, 3.63) is 42.0 Å². The van der Waals surface area contributed by atoms with Gasteiger partial charge in [-0.25, -0.2) is 9.37 Å². The number of nitrogens with one attached hydrogen (secondary N) is 1. The van der Waals surface area contributed by atoms with Gasteiger partial charge in [0.1, 0.15) is 11.6 Å². The number of imidazole rings is 1. The van der Waals surface area contributed by atoms with E-state index >= 15 is 0 Å². The predicted molar refractivity (Wildman–Crippen MR) is 77.8 cm³/mol. The topological polar surface area (TPSA) is 29.9 Å². The van der Waals surface area contributed by atoms with E-state index in [-0.39, 0.29) is 5.82 Å². The van der Waals surface area contributed by atoms with Crippen LogP contribution in [0.4, 0.5) is 4.39 Å². The molecule has 0 radical (unpaired) electrons. The zero-order chi connectivity index (χ0) is 13.9. The third-order valence-corrected chi connectivity index (χ3v) is 3.63. The van der Waals surface area contributed by atoms with Crippen LogP contribution in [0.2, 0.25) is 0 Å². The van der Waals surface area contributed by atoms with Crippen molar-refractivity contribution in [2.75, 3.05) is 0 Å². The fourth-order valence-electron chi connectivity index (χ4n) is 2.37. The maximum absolute atomic E-state index is 14.3. The van der Waals surface area contributed by atoms with E-state index in [0.29, 0.717) is 17.4 Å². The summed E-state index contributed by atoms with van der Waals surface area (Å²) in [5.74, 6) is 0.523. The van der Waals surface area contributed by atoms with Crippen LogP contribution in [0.15, 0.2) is 30.6 Å². The third kappa shape index (κ3) is 2.90. The smallest absolute Gasteiger partial charge is 0.142 e. The molecule has 20 heavy (non-hydrogen) atoms. The first kappa shape index (κ1) is 13.3. The molecule has 1 aliphatic rings. The highest BCUT2D eigenvalue weighted by atomic mass is 19.1. The van der Waals surface area contributed by atoms with Crippen LogP contribution >= 0.6 is 0 Å². The average molecular weight is 273 g/mol. The van der Waals surface area contributed by atoms with Crippen molar-refractivity contribution in [3.8, 4) is 11.4 Å². The highest BCUT2D eigenvalue weighted by Gasteiger charge is 2.20. The molecule has 1 fully saturated rings. The summed E-state index contributed by atoms with van der Waals surface area (Å²) < 4.78 is 16.3. The van der Waals surface area contributed by atoms with Crippen LogP contribution in [0.3, 0.4) is 0 Å². The van der Waals surface area contributed by atoms with Gasteiger partial charge in [-0.3, -0.25) is 0 Å². The van der Waals surface area contributed by atoms with Crippen molar-refractivity contribution in [2.24, 2.45) is 0 Å². The zero-order valence-corrected chi connectivity index (χ0v) is 11.8. The molecule has 3 rings (SSSR count).